The fourth-order valence-electron chi connectivity index (χ4n) is 4.48. The smallest absolute Gasteiger partial charge is 0.331 e. The summed E-state index contributed by atoms with van der Waals surface area (Å²) in [5.74, 6) is -0.370. The van der Waals surface area contributed by atoms with Crippen molar-refractivity contribution in [3.63, 3.8) is 0 Å². The van der Waals surface area contributed by atoms with Crippen molar-refractivity contribution >= 4 is 29.1 Å². The SMILES string of the molecule is COC(=O)C1(Nc2cc(C3CC3)cn3cc(CN4C(=O)c5ccccc5C4=O)nc23)CC1. The molecule has 0 unspecified atom stereocenters. The molecular formula is C24H22N4O4. The van der Waals surface area contributed by atoms with Gasteiger partial charge in [-0.25, -0.2) is 9.78 Å². The predicted molar refractivity (Wildman–Crippen MR) is 115 cm³/mol. The largest absolute Gasteiger partial charge is 0.467 e. The Morgan fingerprint density at radius 2 is 1.84 bits per heavy atom. The molecule has 1 aromatic carbocycles. The number of nitrogens with zero attached hydrogens (tertiary/aromatic N) is 3. The Hall–Kier alpha value is -3.68. The van der Waals surface area contributed by atoms with Gasteiger partial charge in [-0.1, -0.05) is 12.1 Å². The maximum Gasteiger partial charge on any atom is 0.331 e. The van der Waals surface area contributed by atoms with Gasteiger partial charge in [0.15, 0.2) is 5.65 Å². The summed E-state index contributed by atoms with van der Waals surface area (Å²) >= 11 is 0. The van der Waals surface area contributed by atoms with E-state index in [4.69, 9.17) is 9.72 Å². The molecule has 2 amide bonds. The van der Waals surface area contributed by atoms with E-state index in [-0.39, 0.29) is 24.3 Å². The van der Waals surface area contributed by atoms with E-state index in [9.17, 15) is 14.4 Å². The highest BCUT2D eigenvalue weighted by Crippen LogP contribution is 2.44. The van der Waals surface area contributed by atoms with Gasteiger partial charge in [-0.3, -0.25) is 14.5 Å². The minimum atomic E-state index is -0.702. The second kappa shape index (κ2) is 6.66. The van der Waals surface area contributed by atoms with Crippen LogP contribution in [0.2, 0.25) is 0 Å². The standard InChI is InChI=1S/C24H22N4O4/c1-32-23(31)24(8-9-24)26-19-10-15(14-6-7-14)11-27-12-16(25-20(19)27)13-28-21(29)17-4-2-3-5-18(17)22(28)30/h2-5,10-12,14,26H,6-9,13H2,1H3. The van der Waals surface area contributed by atoms with Gasteiger partial charge in [0.2, 0.25) is 0 Å². The van der Waals surface area contributed by atoms with E-state index in [1.165, 1.54) is 17.6 Å². The first kappa shape index (κ1) is 19.0. The Morgan fingerprint density at radius 1 is 1.16 bits per heavy atom. The van der Waals surface area contributed by atoms with Crippen molar-refractivity contribution in [2.45, 2.75) is 43.7 Å². The number of rotatable bonds is 6. The second-order valence-electron chi connectivity index (χ2n) is 8.87. The van der Waals surface area contributed by atoms with Crippen molar-refractivity contribution in [2.75, 3.05) is 12.4 Å². The quantitative estimate of drug-likeness (QED) is 0.477. The van der Waals surface area contributed by atoms with E-state index < -0.39 is 5.54 Å². The zero-order chi connectivity index (χ0) is 22.0. The first-order valence-electron chi connectivity index (χ1n) is 10.8. The summed E-state index contributed by atoms with van der Waals surface area (Å²) in [5.41, 5.74) is 3.37. The molecule has 2 aromatic heterocycles. The van der Waals surface area contributed by atoms with Crippen molar-refractivity contribution < 1.29 is 19.1 Å². The van der Waals surface area contributed by atoms with Gasteiger partial charge < -0.3 is 14.5 Å². The Morgan fingerprint density at radius 3 is 2.44 bits per heavy atom. The fourth-order valence-corrected chi connectivity index (χ4v) is 4.48. The maximum atomic E-state index is 12.8. The van der Waals surface area contributed by atoms with Crippen LogP contribution >= 0.6 is 0 Å². The van der Waals surface area contributed by atoms with Crippen LogP contribution in [0.5, 0.6) is 0 Å². The van der Waals surface area contributed by atoms with Crippen LogP contribution < -0.4 is 5.32 Å². The van der Waals surface area contributed by atoms with Gasteiger partial charge in [-0.2, -0.15) is 0 Å². The Bertz CT molecular complexity index is 1270. The number of imide groups is 1. The Kier molecular flexibility index (Phi) is 3.96. The lowest BCUT2D eigenvalue weighted by molar-refractivity contribution is -0.142. The van der Waals surface area contributed by atoms with Crippen molar-refractivity contribution in [1.82, 2.24) is 14.3 Å². The normalized spacial score (nSPS) is 18.7. The molecule has 8 nitrogen and oxygen atoms in total. The number of esters is 1. The molecule has 0 saturated heterocycles. The van der Waals surface area contributed by atoms with E-state index >= 15 is 0 Å². The summed E-state index contributed by atoms with van der Waals surface area (Å²) in [6.07, 6.45) is 7.61. The van der Waals surface area contributed by atoms with Crippen molar-refractivity contribution in [3.8, 4) is 0 Å². The number of pyridine rings is 1. The van der Waals surface area contributed by atoms with Crippen LogP contribution in [0.1, 0.15) is 63.6 Å². The average Bonchev–Trinajstić information content (AvgIpc) is 3.73. The molecule has 6 rings (SSSR count). The van der Waals surface area contributed by atoms with E-state index in [1.54, 1.807) is 24.3 Å². The third-order valence-electron chi connectivity index (χ3n) is 6.57. The predicted octanol–water partition coefficient (Wildman–Crippen LogP) is 3.13. The lowest BCUT2D eigenvalue weighted by Gasteiger charge is -2.17. The van der Waals surface area contributed by atoms with E-state index in [2.05, 4.69) is 17.6 Å². The van der Waals surface area contributed by atoms with Crippen LogP contribution in [0, 0.1) is 0 Å². The molecule has 2 fully saturated rings. The molecule has 3 heterocycles. The maximum absolute atomic E-state index is 12.8. The molecule has 0 spiro atoms. The number of amides is 2. The van der Waals surface area contributed by atoms with Crippen LogP contribution in [-0.2, 0) is 16.1 Å². The molecule has 0 atom stereocenters. The molecule has 3 aromatic rings. The molecule has 8 heteroatoms. The van der Waals surface area contributed by atoms with Crippen LogP contribution in [0.15, 0.2) is 42.7 Å². The Balaban J connectivity index is 1.35. The van der Waals surface area contributed by atoms with Gasteiger partial charge in [0.25, 0.3) is 11.8 Å². The van der Waals surface area contributed by atoms with Gasteiger partial charge in [-0.15, -0.1) is 0 Å². The van der Waals surface area contributed by atoms with Gasteiger partial charge in [0.05, 0.1) is 36.2 Å². The fraction of sp³-hybridized carbons (Fsp3) is 0.333. The second-order valence-corrected chi connectivity index (χ2v) is 8.87. The zero-order valence-electron chi connectivity index (χ0n) is 17.6. The summed E-state index contributed by atoms with van der Waals surface area (Å²) in [5, 5.41) is 3.38. The summed E-state index contributed by atoms with van der Waals surface area (Å²) in [4.78, 5) is 43.8. The molecule has 0 radical (unpaired) electrons. The molecule has 162 valence electrons. The lowest BCUT2D eigenvalue weighted by Crippen LogP contribution is -2.33. The lowest BCUT2D eigenvalue weighted by atomic mass is 10.1. The van der Waals surface area contributed by atoms with Gasteiger partial charge in [-0.05, 0) is 55.4 Å². The molecule has 0 bridgehead atoms. The minimum absolute atomic E-state index is 0.0916. The number of aromatic nitrogens is 2. The number of benzene rings is 1. The number of methoxy groups -OCH3 is 1. The number of carbonyl (C=O) groups is 3. The molecule has 2 aliphatic carbocycles. The third-order valence-corrected chi connectivity index (χ3v) is 6.57. The highest BCUT2D eigenvalue weighted by Gasteiger charge is 2.51. The first-order chi connectivity index (χ1) is 15.5. The number of imidazole rings is 1. The number of carbonyl (C=O) groups excluding carboxylic acids is 3. The minimum Gasteiger partial charge on any atom is -0.467 e. The number of fused-ring (bicyclic) bond motifs is 2. The molecular weight excluding hydrogens is 408 g/mol. The molecule has 1 N–H and O–H groups in total. The molecule has 1 aliphatic heterocycles. The summed E-state index contributed by atoms with van der Waals surface area (Å²) in [6.45, 7) is 0.0916. The molecule has 2 saturated carbocycles. The van der Waals surface area contributed by atoms with Crippen molar-refractivity contribution in [3.05, 3.63) is 65.1 Å². The van der Waals surface area contributed by atoms with Gasteiger partial charge in [0.1, 0.15) is 5.54 Å². The van der Waals surface area contributed by atoms with Crippen molar-refractivity contribution in [1.29, 1.82) is 0 Å². The van der Waals surface area contributed by atoms with Crippen LogP contribution in [0.4, 0.5) is 5.69 Å². The third kappa shape index (κ3) is 2.90. The number of ether oxygens (including phenoxy) is 1. The summed E-state index contributed by atoms with van der Waals surface area (Å²) < 4.78 is 6.92. The van der Waals surface area contributed by atoms with Gasteiger partial charge in [0, 0.05) is 12.4 Å². The van der Waals surface area contributed by atoms with Crippen LogP contribution in [0.25, 0.3) is 5.65 Å². The summed E-state index contributed by atoms with van der Waals surface area (Å²) in [7, 11) is 1.40. The first-order valence-corrected chi connectivity index (χ1v) is 10.8. The van der Waals surface area contributed by atoms with Gasteiger partial charge >= 0.3 is 5.97 Å². The summed E-state index contributed by atoms with van der Waals surface area (Å²) in [6, 6.07) is 8.92. The molecule has 3 aliphatic rings. The highest BCUT2D eigenvalue weighted by molar-refractivity contribution is 6.21. The zero-order valence-corrected chi connectivity index (χ0v) is 17.6. The van der Waals surface area contributed by atoms with E-state index in [0.717, 1.165) is 18.5 Å². The number of anilines is 1. The van der Waals surface area contributed by atoms with Crippen LogP contribution in [0.3, 0.4) is 0 Å². The number of hydrogen-bond acceptors (Lipinski definition) is 6. The van der Waals surface area contributed by atoms with E-state index in [1.807, 2.05) is 10.6 Å². The monoisotopic (exact) mass is 430 g/mol. The van der Waals surface area contributed by atoms with Crippen molar-refractivity contribution in [2.24, 2.45) is 0 Å². The van der Waals surface area contributed by atoms with E-state index in [0.29, 0.717) is 41.2 Å². The Labute approximate surface area is 184 Å². The average molecular weight is 430 g/mol. The molecule has 32 heavy (non-hydrogen) atoms. The highest BCUT2D eigenvalue weighted by atomic mass is 16.5. The van der Waals surface area contributed by atoms with Crippen LogP contribution in [-0.4, -0.2) is 44.7 Å². The number of nitrogens with one attached hydrogen (secondary N) is 1. The topological polar surface area (TPSA) is 93.0 Å². The number of hydrogen-bond donors (Lipinski definition) is 1.